The Kier molecular flexibility index (Phi) is 6.92. The van der Waals surface area contributed by atoms with Crippen LogP contribution in [0.3, 0.4) is 0 Å². The number of nitrogens with one attached hydrogen (secondary N) is 1. The number of para-hydroxylation sites is 3. The van der Waals surface area contributed by atoms with Crippen molar-refractivity contribution in [3.05, 3.63) is 119 Å². The van der Waals surface area contributed by atoms with Crippen LogP contribution in [0, 0.1) is 6.92 Å². The predicted molar refractivity (Wildman–Crippen MR) is 182 cm³/mol. The third kappa shape index (κ3) is 4.92. The SMILES string of the molecule is COc1ccc(NC2=Nc3ccccc3N3C2=Nc2c(c(C)nn2-c2ccccc2)[C@H]3c2ccc(C(C)(C)C)cc2)c(OC)c1. The number of fused-ring (bicyclic) bond motifs is 4. The number of anilines is 2. The van der Waals surface area contributed by atoms with Crippen molar-refractivity contribution in [3.63, 3.8) is 0 Å². The first kappa shape index (κ1) is 28.4. The van der Waals surface area contributed by atoms with E-state index in [9.17, 15) is 0 Å². The molecule has 8 nitrogen and oxygen atoms in total. The summed E-state index contributed by atoms with van der Waals surface area (Å²) in [6.07, 6.45) is 0. The van der Waals surface area contributed by atoms with E-state index < -0.39 is 0 Å². The minimum atomic E-state index is -0.204. The zero-order valence-electron chi connectivity index (χ0n) is 26.4. The molecule has 2 aliphatic rings. The molecule has 2 aliphatic heterocycles. The topological polar surface area (TPSA) is 76.3 Å². The summed E-state index contributed by atoms with van der Waals surface area (Å²) in [5, 5.41) is 8.61. The largest absolute Gasteiger partial charge is 0.497 e. The Morgan fingerprint density at radius 1 is 0.800 bits per heavy atom. The van der Waals surface area contributed by atoms with Gasteiger partial charge in [0.15, 0.2) is 17.5 Å². The van der Waals surface area contributed by atoms with Crippen LogP contribution in [-0.4, -0.2) is 35.7 Å². The summed E-state index contributed by atoms with van der Waals surface area (Å²) in [4.78, 5) is 12.8. The summed E-state index contributed by atoms with van der Waals surface area (Å²) in [5.74, 6) is 3.43. The maximum Gasteiger partial charge on any atom is 0.179 e. The van der Waals surface area contributed by atoms with E-state index in [0.717, 1.165) is 45.4 Å². The van der Waals surface area contributed by atoms with Crippen LogP contribution >= 0.6 is 0 Å². The van der Waals surface area contributed by atoms with Crippen molar-refractivity contribution in [2.75, 3.05) is 24.4 Å². The van der Waals surface area contributed by atoms with Gasteiger partial charge in [0.05, 0.1) is 48.7 Å². The molecule has 0 spiro atoms. The van der Waals surface area contributed by atoms with Crippen LogP contribution in [-0.2, 0) is 5.41 Å². The van der Waals surface area contributed by atoms with E-state index in [4.69, 9.17) is 24.6 Å². The van der Waals surface area contributed by atoms with Crippen LogP contribution in [0.4, 0.5) is 22.9 Å². The maximum atomic E-state index is 5.74. The highest BCUT2D eigenvalue weighted by molar-refractivity contribution is 6.51. The molecule has 8 heteroatoms. The number of aromatic nitrogens is 2. The highest BCUT2D eigenvalue weighted by Gasteiger charge is 2.41. The van der Waals surface area contributed by atoms with E-state index in [1.165, 1.54) is 5.56 Å². The minimum absolute atomic E-state index is 0.0376. The van der Waals surface area contributed by atoms with Crippen LogP contribution < -0.4 is 19.7 Å². The molecule has 0 bridgehead atoms. The molecule has 0 radical (unpaired) electrons. The lowest BCUT2D eigenvalue weighted by Crippen LogP contribution is -2.46. The van der Waals surface area contributed by atoms with Gasteiger partial charge in [0, 0.05) is 11.6 Å². The molecule has 226 valence electrons. The Labute approximate surface area is 263 Å². The molecule has 0 fully saturated rings. The first-order valence-electron chi connectivity index (χ1n) is 15.1. The molecule has 7 rings (SSSR count). The van der Waals surface area contributed by atoms with Gasteiger partial charge in [0.2, 0.25) is 0 Å². The number of methoxy groups -OCH3 is 2. The molecular weight excluding hydrogens is 560 g/mol. The fraction of sp³-hybridized carbons (Fsp3) is 0.216. The molecule has 4 aromatic carbocycles. The Bertz CT molecular complexity index is 1950. The van der Waals surface area contributed by atoms with Crippen LogP contribution in [0.2, 0.25) is 0 Å². The Hall–Kier alpha value is -5.37. The zero-order valence-corrected chi connectivity index (χ0v) is 26.4. The van der Waals surface area contributed by atoms with Crippen molar-refractivity contribution in [1.29, 1.82) is 0 Å². The Morgan fingerprint density at radius 2 is 1.53 bits per heavy atom. The summed E-state index contributed by atoms with van der Waals surface area (Å²) in [7, 11) is 3.29. The highest BCUT2D eigenvalue weighted by atomic mass is 16.5. The predicted octanol–water partition coefficient (Wildman–Crippen LogP) is 8.29. The van der Waals surface area contributed by atoms with Gasteiger partial charge < -0.3 is 19.7 Å². The molecule has 1 aromatic heterocycles. The van der Waals surface area contributed by atoms with Crippen molar-refractivity contribution >= 4 is 34.6 Å². The van der Waals surface area contributed by atoms with Crippen molar-refractivity contribution in [3.8, 4) is 17.2 Å². The molecule has 45 heavy (non-hydrogen) atoms. The smallest absolute Gasteiger partial charge is 0.179 e. The third-order valence-corrected chi connectivity index (χ3v) is 8.39. The van der Waals surface area contributed by atoms with Crippen LogP contribution in [0.5, 0.6) is 11.5 Å². The van der Waals surface area contributed by atoms with Gasteiger partial charge in [0.25, 0.3) is 0 Å². The number of nitrogens with zero attached hydrogens (tertiary/aromatic N) is 5. The van der Waals surface area contributed by atoms with Gasteiger partial charge in [0.1, 0.15) is 11.5 Å². The van der Waals surface area contributed by atoms with Gasteiger partial charge in [-0.15, -0.1) is 0 Å². The molecule has 0 aliphatic carbocycles. The van der Waals surface area contributed by atoms with E-state index in [2.05, 4.69) is 80.4 Å². The summed E-state index contributed by atoms with van der Waals surface area (Å²) in [5.41, 5.74) is 7.97. The number of aliphatic imine (C=N–C) groups is 2. The first-order valence-corrected chi connectivity index (χ1v) is 15.1. The molecule has 1 atom stereocenters. The second kappa shape index (κ2) is 11.0. The number of benzene rings is 4. The molecule has 3 heterocycles. The van der Waals surface area contributed by atoms with E-state index in [-0.39, 0.29) is 11.5 Å². The number of ether oxygens (including phenoxy) is 2. The van der Waals surface area contributed by atoms with Gasteiger partial charge in [-0.1, -0.05) is 75.4 Å². The van der Waals surface area contributed by atoms with Gasteiger partial charge in [-0.05, 0) is 59.9 Å². The third-order valence-electron chi connectivity index (χ3n) is 8.39. The lowest BCUT2D eigenvalue weighted by Gasteiger charge is -2.40. The average molecular weight is 597 g/mol. The van der Waals surface area contributed by atoms with Gasteiger partial charge in [-0.25, -0.2) is 14.7 Å². The molecular formula is C37H36N6O2. The van der Waals surface area contributed by atoms with Crippen LogP contribution in [0.15, 0.2) is 107 Å². The molecule has 1 N–H and O–H groups in total. The number of amidine groups is 2. The van der Waals surface area contributed by atoms with Crippen molar-refractivity contribution in [1.82, 2.24) is 9.78 Å². The fourth-order valence-electron chi connectivity index (χ4n) is 6.06. The van der Waals surface area contributed by atoms with E-state index in [0.29, 0.717) is 23.2 Å². The van der Waals surface area contributed by atoms with Gasteiger partial charge in [-0.3, -0.25) is 0 Å². The second-order valence-electron chi connectivity index (χ2n) is 12.3. The maximum absolute atomic E-state index is 5.74. The van der Waals surface area contributed by atoms with Crippen molar-refractivity contribution in [2.45, 2.75) is 39.2 Å². The summed E-state index contributed by atoms with van der Waals surface area (Å²) >= 11 is 0. The van der Waals surface area contributed by atoms with Crippen LogP contribution in [0.25, 0.3) is 5.69 Å². The van der Waals surface area contributed by atoms with Crippen molar-refractivity contribution < 1.29 is 9.47 Å². The number of rotatable bonds is 5. The molecule has 0 saturated heterocycles. The zero-order chi connectivity index (χ0) is 31.3. The van der Waals surface area contributed by atoms with E-state index in [1.54, 1.807) is 14.2 Å². The standard InChI is InChI=1S/C37H36N6O2/c1-23-32-33(24-16-18-25(19-17-24)37(2,3)4)42-30-15-11-10-14-28(30)38-34(39-29-21-20-27(44-5)22-31(29)45-6)36(42)40-35(32)43(41-23)26-12-8-7-9-13-26/h7-22,33H,1-6H3,(H,38,39)/t33-/m1/s1. The number of aryl methyl sites for hydroxylation is 1. The van der Waals surface area contributed by atoms with E-state index in [1.807, 2.05) is 59.3 Å². The molecule has 0 unspecified atom stereocenters. The monoisotopic (exact) mass is 596 g/mol. The lowest BCUT2D eigenvalue weighted by molar-refractivity contribution is 0.395. The lowest BCUT2D eigenvalue weighted by atomic mass is 9.85. The van der Waals surface area contributed by atoms with Crippen molar-refractivity contribution in [2.24, 2.45) is 9.98 Å². The fourth-order valence-corrected chi connectivity index (χ4v) is 6.06. The Morgan fingerprint density at radius 3 is 2.24 bits per heavy atom. The van der Waals surface area contributed by atoms with Crippen LogP contribution in [0.1, 0.15) is 49.2 Å². The summed E-state index contributed by atoms with van der Waals surface area (Å²) in [6, 6.07) is 32.8. The van der Waals surface area contributed by atoms with Gasteiger partial charge >= 0.3 is 0 Å². The first-order chi connectivity index (χ1) is 21.8. The minimum Gasteiger partial charge on any atom is -0.497 e. The normalized spacial score (nSPS) is 15.3. The molecule has 0 amide bonds. The van der Waals surface area contributed by atoms with Gasteiger partial charge in [-0.2, -0.15) is 5.10 Å². The number of hydrogen-bond acceptors (Lipinski definition) is 7. The Balaban J connectivity index is 1.46. The van der Waals surface area contributed by atoms with E-state index >= 15 is 0 Å². The summed E-state index contributed by atoms with van der Waals surface area (Å²) in [6.45, 7) is 8.79. The second-order valence-corrected chi connectivity index (χ2v) is 12.3. The summed E-state index contributed by atoms with van der Waals surface area (Å²) < 4.78 is 13.1. The molecule has 0 saturated carbocycles. The average Bonchev–Trinajstić information content (AvgIpc) is 3.39. The highest BCUT2D eigenvalue weighted by Crippen LogP contribution is 2.48. The molecule has 5 aromatic rings. The number of hydrogen-bond donors (Lipinski definition) is 1. The quantitative estimate of drug-likeness (QED) is 0.221.